The Kier molecular flexibility index (Phi) is 2.30. The van der Waals surface area contributed by atoms with Crippen LogP contribution < -0.4 is 0 Å². The summed E-state index contributed by atoms with van der Waals surface area (Å²) in [4.78, 5) is 24.4. The van der Waals surface area contributed by atoms with Gasteiger partial charge in [-0.2, -0.15) is 0 Å². The van der Waals surface area contributed by atoms with Gasteiger partial charge in [0.15, 0.2) is 0 Å². The van der Waals surface area contributed by atoms with E-state index in [9.17, 15) is 9.59 Å². The smallest absolute Gasteiger partial charge is 0.141 e. The SMILES string of the molecule is C[C@]12CCC(=O)C[C@@H]1CC[C@]13O[C@]14CCC(=O)[C@@]4(C)CC[C@@H]23. The van der Waals surface area contributed by atoms with Crippen molar-refractivity contribution in [2.75, 3.05) is 0 Å². The Labute approximate surface area is 132 Å². The molecule has 120 valence electrons. The standard InChI is InChI=1S/C19H26O3/c1-16-7-4-13(20)11-12(16)3-9-18-14(16)5-8-17(2)15(21)6-10-19(17,18)22-18/h12,14H,3-11H2,1-2H3/t12-,14-,16-,17+,18+,19-/m0/s1. The largest absolute Gasteiger partial charge is 0.361 e. The van der Waals surface area contributed by atoms with E-state index in [2.05, 4.69) is 13.8 Å². The van der Waals surface area contributed by atoms with Crippen molar-refractivity contribution in [3.63, 3.8) is 0 Å². The molecule has 4 aliphatic carbocycles. The third-order valence-corrected chi connectivity index (χ3v) is 8.71. The fourth-order valence-electron chi connectivity index (χ4n) is 7.35. The Morgan fingerprint density at radius 3 is 2.64 bits per heavy atom. The molecule has 0 N–H and O–H groups in total. The lowest BCUT2D eigenvalue weighted by atomic mass is 9.45. The van der Waals surface area contributed by atoms with E-state index in [1.54, 1.807) is 0 Å². The van der Waals surface area contributed by atoms with Crippen LogP contribution in [0.25, 0.3) is 0 Å². The first-order valence-corrected chi connectivity index (χ1v) is 9.13. The van der Waals surface area contributed by atoms with Crippen LogP contribution in [-0.4, -0.2) is 22.8 Å². The monoisotopic (exact) mass is 302 g/mol. The van der Waals surface area contributed by atoms with Crippen molar-refractivity contribution in [1.29, 1.82) is 0 Å². The van der Waals surface area contributed by atoms with Gasteiger partial charge in [0, 0.05) is 19.3 Å². The van der Waals surface area contributed by atoms with Gasteiger partial charge in [-0.1, -0.05) is 6.92 Å². The number of hydrogen-bond acceptors (Lipinski definition) is 3. The number of hydrogen-bond donors (Lipinski definition) is 0. The first kappa shape index (κ1) is 13.7. The van der Waals surface area contributed by atoms with Gasteiger partial charge in [0.2, 0.25) is 0 Å². The molecule has 0 aromatic heterocycles. The topological polar surface area (TPSA) is 46.7 Å². The second-order valence-electron chi connectivity index (χ2n) is 9.15. The highest BCUT2D eigenvalue weighted by Gasteiger charge is 2.86. The minimum Gasteiger partial charge on any atom is -0.361 e. The number of rotatable bonds is 0. The lowest BCUT2D eigenvalue weighted by Crippen LogP contribution is -2.58. The summed E-state index contributed by atoms with van der Waals surface area (Å²) in [5.41, 5.74) is -0.146. The van der Waals surface area contributed by atoms with E-state index in [4.69, 9.17) is 4.74 Å². The van der Waals surface area contributed by atoms with E-state index in [1.165, 1.54) is 0 Å². The van der Waals surface area contributed by atoms with Gasteiger partial charge in [0.05, 0.1) is 5.41 Å². The van der Waals surface area contributed by atoms with Gasteiger partial charge in [0.25, 0.3) is 0 Å². The number of epoxide rings is 1. The number of carbonyl (C=O) groups excluding carboxylic acids is 2. The Morgan fingerprint density at radius 2 is 1.82 bits per heavy atom. The van der Waals surface area contributed by atoms with Crippen LogP contribution in [0.2, 0.25) is 0 Å². The van der Waals surface area contributed by atoms with Crippen molar-refractivity contribution in [3.8, 4) is 0 Å². The van der Waals surface area contributed by atoms with E-state index >= 15 is 0 Å². The molecule has 1 saturated heterocycles. The van der Waals surface area contributed by atoms with E-state index < -0.39 is 0 Å². The molecule has 3 heteroatoms. The molecule has 5 rings (SSSR count). The van der Waals surface area contributed by atoms with Crippen LogP contribution in [0.3, 0.4) is 0 Å². The van der Waals surface area contributed by atoms with Crippen LogP contribution in [0, 0.1) is 22.7 Å². The fraction of sp³-hybridized carbons (Fsp3) is 0.895. The lowest BCUT2D eigenvalue weighted by Gasteiger charge is -2.56. The van der Waals surface area contributed by atoms with Crippen molar-refractivity contribution in [2.24, 2.45) is 22.7 Å². The van der Waals surface area contributed by atoms with Crippen molar-refractivity contribution in [1.82, 2.24) is 0 Å². The van der Waals surface area contributed by atoms with Crippen LogP contribution in [0.4, 0.5) is 0 Å². The average Bonchev–Trinajstić information content (AvgIpc) is 3.09. The molecule has 1 aliphatic heterocycles. The molecule has 22 heavy (non-hydrogen) atoms. The molecule has 1 heterocycles. The third kappa shape index (κ3) is 1.20. The summed E-state index contributed by atoms with van der Waals surface area (Å²) in [7, 11) is 0. The minimum atomic E-state index is -0.225. The molecule has 6 atom stereocenters. The van der Waals surface area contributed by atoms with Gasteiger partial charge in [-0.3, -0.25) is 9.59 Å². The van der Waals surface area contributed by atoms with E-state index in [0.29, 0.717) is 29.8 Å². The van der Waals surface area contributed by atoms with Gasteiger partial charge in [-0.15, -0.1) is 0 Å². The van der Waals surface area contributed by atoms with Gasteiger partial charge in [-0.25, -0.2) is 0 Å². The molecule has 0 aromatic carbocycles. The van der Waals surface area contributed by atoms with Crippen molar-refractivity contribution in [2.45, 2.75) is 82.8 Å². The van der Waals surface area contributed by atoms with Crippen molar-refractivity contribution in [3.05, 3.63) is 0 Å². The fourth-order valence-corrected chi connectivity index (χ4v) is 7.35. The van der Waals surface area contributed by atoms with Crippen LogP contribution in [-0.2, 0) is 14.3 Å². The maximum absolute atomic E-state index is 12.5. The summed E-state index contributed by atoms with van der Waals surface area (Å²) in [5, 5.41) is 0. The summed E-state index contributed by atoms with van der Waals surface area (Å²) in [6.45, 7) is 4.59. The highest BCUT2D eigenvalue weighted by Crippen LogP contribution is 2.79. The minimum absolute atomic E-state index is 0.0300. The molecule has 0 unspecified atom stereocenters. The second kappa shape index (κ2) is 3.68. The molecule has 4 saturated carbocycles. The summed E-state index contributed by atoms with van der Waals surface area (Å²) in [6.07, 6.45) is 8.53. The molecule has 3 nitrogen and oxygen atoms in total. The van der Waals surface area contributed by atoms with E-state index in [1.807, 2.05) is 0 Å². The normalized spacial score (nSPS) is 59.4. The number of ketones is 2. The lowest BCUT2D eigenvalue weighted by molar-refractivity contribution is -0.134. The first-order chi connectivity index (χ1) is 10.4. The molecular weight excluding hydrogens is 276 g/mol. The van der Waals surface area contributed by atoms with Crippen LogP contribution in [0.15, 0.2) is 0 Å². The molecule has 0 amide bonds. The summed E-state index contributed by atoms with van der Waals surface area (Å²) < 4.78 is 6.59. The van der Waals surface area contributed by atoms with Crippen LogP contribution in [0.1, 0.15) is 71.6 Å². The van der Waals surface area contributed by atoms with Crippen molar-refractivity contribution < 1.29 is 14.3 Å². The molecular formula is C19H26O3. The number of ether oxygens (including phenoxy) is 1. The van der Waals surface area contributed by atoms with Gasteiger partial charge in [-0.05, 0) is 62.7 Å². The number of Topliss-reactive ketones (excluding diaryl/α,β-unsaturated/α-hetero) is 2. The molecule has 5 fully saturated rings. The Bertz CT molecular complexity index is 597. The molecule has 0 radical (unpaired) electrons. The predicted octanol–water partition coefficient (Wildman–Crippen LogP) is 3.44. The summed E-state index contributed by atoms with van der Waals surface area (Å²) in [6, 6.07) is 0. The van der Waals surface area contributed by atoms with Gasteiger partial charge in [0.1, 0.15) is 22.8 Å². The Morgan fingerprint density at radius 1 is 1.00 bits per heavy atom. The maximum atomic E-state index is 12.5. The highest BCUT2D eigenvalue weighted by molar-refractivity contribution is 5.90. The Hall–Kier alpha value is -0.700. The third-order valence-electron chi connectivity index (χ3n) is 8.71. The zero-order valence-corrected chi connectivity index (χ0v) is 13.7. The average molecular weight is 302 g/mol. The second-order valence-corrected chi connectivity index (χ2v) is 9.15. The number of fused-ring (bicyclic) bond motifs is 2. The number of carbonyl (C=O) groups is 2. The maximum Gasteiger partial charge on any atom is 0.141 e. The summed E-state index contributed by atoms with van der Waals surface area (Å²) in [5.74, 6) is 2.01. The first-order valence-electron chi connectivity index (χ1n) is 9.13. The quantitative estimate of drug-likeness (QED) is 0.644. The van der Waals surface area contributed by atoms with Crippen LogP contribution in [0.5, 0.6) is 0 Å². The Balaban J connectivity index is 1.57. The predicted molar refractivity (Wildman–Crippen MR) is 81.3 cm³/mol. The van der Waals surface area contributed by atoms with E-state index in [-0.39, 0.29) is 22.0 Å². The zero-order chi connectivity index (χ0) is 15.4. The van der Waals surface area contributed by atoms with Gasteiger partial charge < -0.3 is 4.74 Å². The summed E-state index contributed by atoms with van der Waals surface area (Å²) >= 11 is 0. The highest BCUT2D eigenvalue weighted by atomic mass is 16.6. The zero-order valence-electron chi connectivity index (χ0n) is 13.7. The molecule has 2 spiro atoms. The molecule has 0 bridgehead atoms. The van der Waals surface area contributed by atoms with Gasteiger partial charge >= 0.3 is 0 Å². The van der Waals surface area contributed by atoms with Crippen molar-refractivity contribution >= 4 is 11.6 Å². The van der Waals surface area contributed by atoms with E-state index in [0.717, 1.165) is 51.4 Å². The molecule has 0 aromatic rings. The van der Waals surface area contributed by atoms with Crippen LogP contribution >= 0.6 is 0 Å². The molecule has 5 aliphatic rings.